The average molecular weight is 459 g/mol. The van der Waals surface area contributed by atoms with Gasteiger partial charge in [-0.3, -0.25) is 19.3 Å². The number of hydrogen-bond donors (Lipinski definition) is 1. The van der Waals surface area contributed by atoms with Crippen molar-refractivity contribution in [1.82, 2.24) is 0 Å². The summed E-state index contributed by atoms with van der Waals surface area (Å²) in [6.45, 7) is 5.23. The number of carbonyl (C=O) groups excluding carboxylic acids is 3. The molecule has 7 heteroatoms. The lowest BCUT2D eigenvalue weighted by Gasteiger charge is -2.33. The van der Waals surface area contributed by atoms with E-state index in [-0.39, 0.29) is 30.8 Å². The third-order valence-corrected chi connectivity index (χ3v) is 5.88. The molecule has 1 heterocycles. The summed E-state index contributed by atoms with van der Waals surface area (Å²) >= 11 is 0. The maximum atomic E-state index is 12.9. The zero-order valence-corrected chi connectivity index (χ0v) is 19.3. The highest BCUT2D eigenvalue weighted by Gasteiger charge is 2.33. The van der Waals surface area contributed by atoms with Gasteiger partial charge in [-0.2, -0.15) is 0 Å². The molecule has 3 aromatic rings. The molecule has 3 aromatic carbocycles. The van der Waals surface area contributed by atoms with Crippen LogP contribution in [0.5, 0.6) is 11.5 Å². The third kappa shape index (κ3) is 4.78. The molecule has 0 bridgehead atoms. The number of ether oxygens (including phenoxy) is 2. The van der Waals surface area contributed by atoms with E-state index < -0.39 is 6.04 Å². The summed E-state index contributed by atoms with van der Waals surface area (Å²) in [7, 11) is 0. The number of amides is 2. The van der Waals surface area contributed by atoms with E-state index in [1.54, 1.807) is 37.3 Å². The molecular formula is C27H26N2O5. The van der Waals surface area contributed by atoms with Crippen LogP contribution in [0.4, 0.5) is 11.4 Å². The van der Waals surface area contributed by atoms with Gasteiger partial charge in [-0.1, -0.05) is 30.3 Å². The van der Waals surface area contributed by atoms with Gasteiger partial charge in [0, 0.05) is 11.3 Å². The summed E-state index contributed by atoms with van der Waals surface area (Å²) < 4.78 is 11.3. The molecule has 7 nitrogen and oxygen atoms in total. The van der Waals surface area contributed by atoms with Crippen LogP contribution in [0.3, 0.4) is 0 Å². The van der Waals surface area contributed by atoms with Crippen LogP contribution in [0.25, 0.3) is 0 Å². The Hall–Kier alpha value is -4.13. The topological polar surface area (TPSA) is 84.9 Å². The number of Topliss-reactive ketones (excluding diaryl/α,β-unsaturated/α-hetero) is 1. The Morgan fingerprint density at radius 2 is 1.82 bits per heavy atom. The first-order valence-corrected chi connectivity index (χ1v) is 11.0. The maximum absolute atomic E-state index is 12.9. The molecule has 34 heavy (non-hydrogen) atoms. The first kappa shape index (κ1) is 23.0. The van der Waals surface area contributed by atoms with Crippen molar-refractivity contribution in [2.45, 2.75) is 26.8 Å². The van der Waals surface area contributed by atoms with Crippen molar-refractivity contribution in [2.24, 2.45) is 0 Å². The molecule has 1 atom stereocenters. The van der Waals surface area contributed by atoms with Crippen molar-refractivity contribution in [3.63, 3.8) is 0 Å². The smallest absolute Gasteiger partial charge is 0.265 e. The largest absolute Gasteiger partial charge is 0.485 e. The summed E-state index contributed by atoms with van der Waals surface area (Å²) in [4.78, 5) is 39.9. The molecule has 2 amide bonds. The number of aryl methyl sites for hydroxylation is 1. The Morgan fingerprint density at radius 3 is 2.59 bits per heavy atom. The molecule has 0 radical (unpaired) electrons. The van der Waals surface area contributed by atoms with Gasteiger partial charge in [-0.05, 0) is 68.3 Å². The van der Waals surface area contributed by atoms with Crippen molar-refractivity contribution in [2.75, 3.05) is 23.4 Å². The summed E-state index contributed by atoms with van der Waals surface area (Å²) in [6, 6.07) is 18.7. The van der Waals surface area contributed by atoms with Crippen molar-refractivity contribution in [3.8, 4) is 11.5 Å². The number of carbonyl (C=O) groups is 3. The Kier molecular flexibility index (Phi) is 6.63. The summed E-state index contributed by atoms with van der Waals surface area (Å²) in [5, 5.41) is 2.82. The van der Waals surface area contributed by atoms with Gasteiger partial charge in [0.05, 0.1) is 5.69 Å². The van der Waals surface area contributed by atoms with Crippen LogP contribution in [-0.4, -0.2) is 36.9 Å². The van der Waals surface area contributed by atoms with E-state index >= 15 is 0 Å². The lowest BCUT2D eigenvalue weighted by atomic mass is 10.1. The van der Waals surface area contributed by atoms with Crippen LogP contribution in [0.15, 0.2) is 66.7 Å². The molecule has 0 fully saturated rings. The SMILES string of the molecule is Cc1cccc(OCC(=O)c2ccc3c(c2)N([C@H](C)C(=O)Nc2ccccc2)C(=O)CO3)c1C. The van der Waals surface area contributed by atoms with Gasteiger partial charge >= 0.3 is 0 Å². The van der Waals surface area contributed by atoms with Crippen LogP contribution < -0.4 is 19.7 Å². The van der Waals surface area contributed by atoms with Crippen LogP contribution in [0, 0.1) is 13.8 Å². The van der Waals surface area contributed by atoms with Crippen molar-refractivity contribution in [1.29, 1.82) is 0 Å². The fourth-order valence-corrected chi connectivity index (χ4v) is 3.76. The molecule has 1 aliphatic rings. The Bertz CT molecular complexity index is 1240. The van der Waals surface area contributed by atoms with E-state index in [1.807, 2.05) is 50.2 Å². The number of nitrogens with zero attached hydrogens (tertiary/aromatic N) is 1. The molecule has 0 saturated heterocycles. The predicted molar refractivity (Wildman–Crippen MR) is 130 cm³/mol. The molecular weight excluding hydrogens is 432 g/mol. The number of rotatable bonds is 7. The minimum Gasteiger partial charge on any atom is -0.485 e. The lowest BCUT2D eigenvalue weighted by molar-refractivity contribution is -0.125. The van der Waals surface area contributed by atoms with E-state index in [1.165, 1.54) is 4.90 Å². The van der Waals surface area contributed by atoms with E-state index in [0.29, 0.717) is 28.4 Å². The van der Waals surface area contributed by atoms with E-state index in [4.69, 9.17) is 9.47 Å². The standard InChI is InChI=1S/C27H26N2O5/c1-17-8-7-11-24(18(17)2)33-15-23(30)20-12-13-25-22(14-20)29(26(31)16-34-25)19(3)27(32)28-21-9-5-4-6-10-21/h4-14,19H,15-16H2,1-3H3,(H,28,32)/t19-/m1/s1. The highest BCUT2D eigenvalue weighted by molar-refractivity contribution is 6.08. The summed E-state index contributed by atoms with van der Waals surface area (Å²) in [5.74, 6) is 0.133. The summed E-state index contributed by atoms with van der Waals surface area (Å²) in [5.41, 5.74) is 3.43. The molecule has 0 aliphatic carbocycles. The van der Waals surface area contributed by atoms with Gasteiger partial charge in [0.2, 0.25) is 5.91 Å². The lowest BCUT2D eigenvalue weighted by Crippen LogP contribution is -2.49. The van der Waals surface area contributed by atoms with Gasteiger partial charge in [-0.15, -0.1) is 0 Å². The quantitative estimate of drug-likeness (QED) is 0.533. The van der Waals surface area contributed by atoms with Gasteiger partial charge in [-0.25, -0.2) is 0 Å². The highest BCUT2D eigenvalue weighted by atomic mass is 16.5. The normalized spacial score (nSPS) is 13.5. The highest BCUT2D eigenvalue weighted by Crippen LogP contribution is 2.35. The van der Waals surface area contributed by atoms with E-state index in [9.17, 15) is 14.4 Å². The number of benzene rings is 3. The molecule has 0 unspecified atom stereocenters. The number of hydrogen-bond acceptors (Lipinski definition) is 5. The Morgan fingerprint density at radius 1 is 1.06 bits per heavy atom. The van der Waals surface area contributed by atoms with Crippen molar-refractivity contribution < 1.29 is 23.9 Å². The minimum absolute atomic E-state index is 0.151. The molecule has 4 rings (SSSR count). The second-order valence-corrected chi connectivity index (χ2v) is 8.18. The zero-order chi connectivity index (χ0) is 24.2. The second-order valence-electron chi connectivity index (χ2n) is 8.18. The fraction of sp³-hybridized carbons (Fsp3) is 0.222. The monoisotopic (exact) mass is 458 g/mol. The summed E-state index contributed by atoms with van der Waals surface area (Å²) in [6.07, 6.45) is 0. The van der Waals surface area contributed by atoms with Crippen LogP contribution >= 0.6 is 0 Å². The Balaban J connectivity index is 1.54. The fourth-order valence-electron chi connectivity index (χ4n) is 3.76. The molecule has 174 valence electrons. The zero-order valence-electron chi connectivity index (χ0n) is 19.3. The number of anilines is 2. The van der Waals surface area contributed by atoms with Crippen molar-refractivity contribution >= 4 is 29.0 Å². The number of nitrogens with one attached hydrogen (secondary N) is 1. The van der Waals surface area contributed by atoms with Crippen LogP contribution in [0.2, 0.25) is 0 Å². The third-order valence-electron chi connectivity index (χ3n) is 5.88. The van der Waals surface area contributed by atoms with E-state index in [2.05, 4.69) is 5.32 Å². The predicted octanol–water partition coefficient (Wildman–Crippen LogP) is 4.32. The van der Waals surface area contributed by atoms with Gasteiger partial charge in [0.15, 0.2) is 19.0 Å². The molecule has 0 spiro atoms. The van der Waals surface area contributed by atoms with Gasteiger partial charge in [0.1, 0.15) is 17.5 Å². The first-order chi connectivity index (χ1) is 16.3. The molecule has 0 aromatic heterocycles. The van der Waals surface area contributed by atoms with Crippen molar-refractivity contribution in [3.05, 3.63) is 83.4 Å². The second kappa shape index (κ2) is 9.79. The molecule has 1 N–H and O–H groups in total. The Labute approximate surface area is 198 Å². The minimum atomic E-state index is -0.813. The first-order valence-electron chi connectivity index (χ1n) is 11.0. The maximum Gasteiger partial charge on any atom is 0.265 e. The van der Waals surface area contributed by atoms with E-state index in [0.717, 1.165) is 11.1 Å². The molecule has 0 saturated carbocycles. The van der Waals surface area contributed by atoms with Crippen LogP contribution in [-0.2, 0) is 9.59 Å². The van der Waals surface area contributed by atoms with Gasteiger partial charge in [0.25, 0.3) is 5.91 Å². The average Bonchev–Trinajstić information content (AvgIpc) is 2.84. The number of fused-ring (bicyclic) bond motifs is 1. The van der Waals surface area contributed by atoms with Crippen LogP contribution in [0.1, 0.15) is 28.4 Å². The van der Waals surface area contributed by atoms with Gasteiger partial charge < -0.3 is 14.8 Å². The number of para-hydroxylation sites is 1. The number of ketones is 1. The molecule has 1 aliphatic heterocycles.